The zero-order valence-electron chi connectivity index (χ0n) is 21.8. The van der Waals surface area contributed by atoms with Gasteiger partial charge in [-0.25, -0.2) is 0 Å². The number of hydrogen-bond donors (Lipinski definition) is 0. The van der Waals surface area contributed by atoms with E-state index in [0.29, 0.717) is 5.92 Å². The van der Waals surface area contributed by atoms with Gasteiger partial charge in [-0.3, -0.25) is 0 Å². The summed E-state index contributed by atoms with van der Waals surface area (Å²) in [5.74, 6) is 1.10. The quantitative estimate of drug-likeness (QED) is 0.296. The van der Waals surface area contributed by atoms with Crippen molar-refractivity contribution in [3.63, 3.8) is 0 Å². The van der Waals surface area contributed by atoms with E-state index in [1.54, 1.807) is 0 Å². The molecule has 0 bridgehead atoms. The van der Waals surface area contributed by atoms with Crippen molar-refractivity contribution in [1.82, 2.24) is 0 Å². The lowest BCUT2D eigenvalue weighted by molar-refractivity contribution is -0.113. The highest BCUT2D eigenvalue weighted by Crippen LogP contribution is 2.47. The predicted octanol–water partition coefficient (Wildman–Crippen LogP) is 6.17. The molecule has 0 saturated carbocycles. The molecule has 35 heavy (non-hydrogen) atoms. The van der Waals surface area contributed by atoms with E-state index in [0.717, 1.165) is 17.6 Å². The van der Waals surface area contributed by atoms with Gasteiger partial charge in [-0.2, -0.15) is 0 Å². The largest absolute Gasteiger partial charge is 0.534 e. The van der Waals surface area contributed by atoms with Crippen LogP contribution in [0.1, 0.15) is 53.2 Å². The number of benzene rings is 3. The van der Waals surface area contributed by atoms with Gasteiger partial charge in [0, 0.05) is 5.56 Å². The normalized spacial score (nSPS) is 22.8. The Bertz CT molecular complexity index is 1080. The maximum atomic E-state index is 12.3. The fourth-order valence-electron chi connectivity index (χ4n) is 5.74. The summed E-state index contributed by atoms with van der Waals surface area (Å²) >= 11 is 0. The van der Waals surface area contributed by atoms with Crippen molar-refractivity contribution in [2.45, 2.75) is 58.8 Å². The second-order valence-electron chi connectivity index (χ2n) is 11.1. The molecule has 4 rings (SSSR count). The third-order valence-corrected chi connectivity index (χ3v) is 12.4. The maximum absolute atomic E-state index is 12.3. The first kappa shape index (κ1) is 25.4. The van der Waals surface area contributed by atoms with Crippen molar-refractivity contribution in [2.75, 3.05) is 0 Å². The van der Waals surface area contributed by atoms with Crippen LogP contribution < -0.4 is 14.8 Å². The number of hydrogen-bond acceptors (Lipinski definition) is 3. The standard InChI is InChI=1S/C31H38O3Si/c1-22(2)29-23(3)27(21-32)30(33-29)26-19-13-14-20-28(26)34-35(31(4,5)6,24-15-9-7-10-16-24)25-17-11-8-12-18-25/h7-23,27,29-30H,1-6H3/t23-,27-,29+,30-/m0/s1. The minimum atomic E-state index is -2.80. The Morgan fingerprint density at radius 3 is 1.86 bits per heavy atom. The van der Waals surface area contributed by atoms with E-state index < -0.39 is 8.32 Å². The highest BCUT2D eigenvalue weighted by atomic mass is 28.4. The van der Waals surface area contributed by atoms with Crippen LogP contribution in [0.4, 0.5) is 0 Å². The molecular weight excluding hydrogens is 448 g/mol. The van der Waals surface area contributed by atoms with Gasteiger partial charge in [0.05, 0.1) is 18.1 Å². The fourth-order valence-corrected chi connectivity index (χ4v) is 10.2. The third kappa shape index (κ3) is 4.62. The molecule has 1 aliphatic rings. The summed E-state index contributed by atoms with van der Waals surface area (Å²) in [6.07, 6.45) is 0.803. The van der Waals surface area contributed by atoms with Crippen LogP contribution in [-0.4, -0.2) is 20.7 Å². The van der Waals surface area contributed by atoms with Crippen molar-refractivity contribution in [1.29, 1.82) is 0 Å². The minimum Gasteiger partial charge on any atom is -0.534 e. The van der Waals surface area contributed by atoms with E-state index in [2.05, 4.69) is 108 Å². The molecule has 0 unspecified atom stereocenters. The lowest BCUT2D eigenvalue weighted by Gasteiger charge is -2.43. The van der Waals surface area contributed by atoms with Crippen molar-refractivity contribution < 1.29 is 14.0 Å². The van der Waals surface area contributed by atoms with Gasteiger partial charge in [-0.15, -0.1) is 0 Å². The predicted molar refractivity (Wildman–Crippen MR) is 146 cm³/mol. The Morgan fingerprint density at radius 2 is 1.37 bits per heavy atom. The zero-order chi connectivity index (χ0) is 25.2. The molecule has 0 N–H and O–H groups in total. The van der Waals surface area contributed by atoms with E-state index in [-0.39, 0.29) is 29.1 Å². The number of rotatable bonds is 7. The van der Waals surface area contributed by atoms with Gasteiger partial charge < -0.3 is 14.0 Å². The minimum absolute atomic E-state index is 0.0381. The molecule has 0 amide bonds. The molecule has 0 radical (unpaired) electrons. The van der Waals surface area contributed by atoms with Crippen molar-refractivity contribution >= 4 is 25.0 Å². The van der Waals surface area contributed by atoms with E-state index in [1.165, 1.54) is 10.4 Å². The molecule has 3 aromatic rings. The molecule has 0 spiro atoms. The number of ether oxygens (including phenoxy) is 1. The number of carbonyl (C=O) groups is 1. The molecule has 1 fully saturated rings. The van der Waals surface area contributed by atoms with Crippen LogP contribution in [0.2, 0.25) is 5.04 Å². The van der Waals surface area contributed by atoms with E-state index in [9.17, 15) is 4.79 Å². The van der Waals surface area contributed by atoms with Gasteiger partial charge in [0.2, 0.25) is 0 Å². The summed E-state index contributed by atoms with van der Waals surface area (Å²) in [6, 6.07) is 29.4. The third-order valence-electron chi connectivity index (χ3n) is 7.50. The highest BCUT2D eigenvalue weighted by molar-refractivity contribution is 7.00. The van der Waals surface area contributed by atoms with Crippen LogP contribution in [0.5, 0.6) is 5.75 Å². The zero-order valence-corrected chi connectivity index (χ0v) is 22.8. The van der Waals surface area contributed by atoms with Crippen LogP contribution >= 0.6 is 0 Å². The Hall–Kier alpha value is -2.69. The number of para-hydroxylation sites is 1. The Morgan fingerprint density at radius 1 is 0.857 bits per heavy atom. The molecule has 0 aromatic heterocycles. The molecule has 4 atom stereocenters. The molecule has 1 heterocycles. The summed E-state index contributed by atoms with van der Waals surface area (Å²) in [5.41, 5.74) is 0.965. The molecule has 0 aliphatic carbocycles. The highest BCUT2D eigenvalue weighted by Gasteiger charge is 2.53. The smallest absolute Gasteiger partial charge is 0.319 e. The first-order valence-corrected chi connectivity index (χ1v) is 14.6. The summed E-state index contributed by atoms with van der Waals surface area (Å²) in [6.45, 7) is 13.3. The summed E-state index contributed by atoms with van der Waals surface area (Å²) in [7, 11) is -2.80. The van der Waals surface area contributed by atoms with Gasteiger partial charge in [0.25, 0.3) is 0 Å². The first-order chi connectivity index (χ1) is 16.7. The number of carbonyl (C=O) groups excluding carboxylic acids is 1. The second-order valence-corrected chi connectivity index (χ2v) is 15.4. The van der Waals surface area contributed by atoms with E-state index in [4.69, 9.17) is 9.16 Å². The van der Waals surface area contributed by atoms with Crippen molar-refractivity contribution in [2.24, 2.45) is 17.8 Å². The van der Waals surface area contributed by atoms with Crippen LogP contribution in [0.25, 0.3) is 0 Å². The lowest BCUT2D eigenvalue weighted by Crippen LogP contribution is -2.69. The molecule has 1 aliphatic heterocycles. The van der Waals surface area contributed by atoms with Gasteiger partial charge in [0.1, 0.15) is 12.0 Å². The average Bonchev–Trinajstić information content (AvgIpc) is 3.19. The lowest BCUT2D eigenvalue weighted by atomic mass is 9.84. The summed E-state index contributed by atoms with van der Waals surface area (Å²) < 4.78 is 13.9. The molecule has 1 saturated heterocycles. The molecule has 3 nitrogen and oxygen atoms in total. The Kier molecular flexibility index (Phi) is 7.34. The van der Waals surface area contributed by atoms with Crippen molar-refractivity contribution in [3.05, 3.63) is 90.5 Å². The number of aldehydes is 1. The molecule has 3 aromatic carbocycles. The van der Waals surface area contributed by atoms with Crippen LogP contribution in [0.3, 0.4) is 0 Å². The topological polar surface area (TPSA) is 35.5 Å². The van der Waals surface area contributed by atoms with E-state index in [1.807, 2.05) is 18.2 Å². The summed E-state index contributed by atoms with van der Waals surface area (Å²) in [4.78, 5) is 12.3. The first-order valence-electron chi connectivity index (χ1n) is 12.7. The van der Waals surface area contributed by atoms with Crippen molar-refractivity contribution in [3.8, 4) is 5.75 Å². The van der Waals surface area contributed by atoms with Crippen LogP contribution in [0, 0.1) is 17.8 Å². The molecular formula is C31H38O3Si. The maximum Gasteiger partial charge on any atom is 0.319 e. The van der Waals surface area contributed by atoms with E-state index >= 15 is 0 Å². The van der Waals surface area contributed by atoms with Crippen LogP contribution in [-0.2, 0) is 9.53 Å². The average molecular weight is 487 g/mol. The summed E-state index contributed by atoms with van der Waals surface area (Å²) in [5, 5.41) is 2.29. The SMILES string of the molecule is CC(C)[C@H]1O[C@@H](c2ccccc2O[Si](c2ccccc2)(c2ccccc2)C(C)(C)C)[C@@H](C=O)[C@@H]1C. The monoisotopic (exact) mass is 486 g/mol. The van der Waals surface area contributed by atoms with Gasteiger partial charge >= 0.3 is 8.32 Å². The van der Waals surface area contributed by atoms with Crippen LogP contribution in [0.15, 0.2) is 84.9 Å². The van der Waals surface area contributed by atoms with Gasteiger partial charge in [0.15, 0.2) is 0 Å². The van der Waals surface area contributed by atoms with Gasteiger partial charge in [-0.1, -0.05) is 120 Å². The van der Waals surface area contributed by atoms with Gasteiger partial charge in [-0.05, 0) is 33.3 Å². The Balaban J connectivity index is 1.88. The second kappa shape index (κ2) is 10.1. The Labute approximate surface area is 211 Å². The fraction of sp³-hybridized carbons (Fsp3) is 0.387. The molecule has 4 heteroatoms. The molecule has 184 valence electrons.